The highest BCUT2D eigenvalue weighted by Crippen LogP contribution is 2.10. The molecule has 1 rings (SSSR count). The van der Waals surface area contributed by atoms with E-state index in [1.165, 1.54) is 16.7 Å². The van der Waals surface area contributed by atoms with Crippen molar-refractivity contribution in [2.24, 2.45) is 0 Å². The molecule has 1 aromatic rings. The molecule has 0 fully saturated rings. The molecule has 0 heterocycles. The van der Waals surface area contributed by atoms with E-state index in [9.17, 15) is 0 Å². The lowest BCUT2D eigenvalue weighted by atomic mass is 10.0. The van der Waals surface area contributed by atoms with Gasteiger partial charge in [-0.3, -0.25) is 0 Å². The van der Waals surface area contributed by atoms with Crippen molar-refractivity contribution in [1.29, 1.82) is 0 Å². The van der Waals surface area contributed by atoms with Crippen LogP contribution in [0.1, 0.15) is 16.7 Å². The van der Waals surface area contributed by atoms with Crippen LogP contribution in [0.2, 0.25) is 0 Å². The van der Waals surface area contributed by atoms with Crippen molar-refractivity contribution in [3.8, 4) is 0 Å². The first-order chi connectivity index (χ1) is 7.59. The van der Waals surface area contributed by atoms with Crippen LogP contribution < -0.4 is 5.32 Å². The molecule has 0 atom stereocenters. The molecule has 0 unspecified atom stereocenters. The van der Waals surface area contributed by atoms with Crippen molar-refractivity contribution >= 4 is 0 Å². The molecular formula is C14H24N2. The average molecular weight is 220 g/mol. The Labute approximate surface area is 99.7 Å². The van der Waals surface area contributed by atoms with Gasteiger partial charge in [-0.05, 0) is 52.0 Å². The van der Waals surface area contributed by atoms with Gasteiger partial charge in [0, 0.05) is 13.1 Å². The van der Waals surface area contributed by atoms with E-state index in [1.807, 2.05) is 0 Å². The summed E-state index contributed by atoms with van der Waals surface area (Å²) in [7, 11) is 4.21. The third-order valence-electron chi connectivity index (χ3n) is 2.81. The molecule has 0 saturated carbocycles. The predicted molar refractivity (Wildman–Crippen MR) is 71.0 cm³/mol. The fourth-order valence-corrected chi connectivity index (χ4v) is 1.72. The van der Waals surface area contributed by atoms with Gasteiger partial charge in [0.15, 0.2) is 0 Å². The molecule has 0 aromatic heterocycles. The van der Waals surface area contributed by atoms with Gasteiger partial charge in [0.1, 0.15) is 0 Å². The lowest BCUT2D eigenvalue weighted by Crippen LogP contribution is -2.28. The van der Waals surface area contributed by atoms with Crippen LogP contribution in [-0.2, 0) is 6.42 Å². The third-order valence-corrected chi connectivity index (χ3v) is 2.81. The van der Waals surface area contributed by atoms with E-state index in [4.69, 9.17) is 0 Å². The van der Waals surface area contributed by atoms with E-state index in [0.29, 0.717) is 0 Å². The summed E-state index contributed by atoms with van der Waals surface area (Å²) >= 11 is 0. The number of benzene rings is 1. The summed E-state index contributed by atoms with van der Waals surface area (Å²) in [6, 6.07) is 6.69. The second-order valence-corrected chi connectivity index (χ2v) is 4.73. The monoisotopic (exact) mass is 220 g/mol. The number of likely N-dealkylation sites (N-methyl/N-ethyl adjacent to an activating group) is 1. The van der Waals surface area contributed by atoms with Crippen molar-refractivity contribution in [3.05, 3.63) is 34.9 Å². The smallest absolute Gasteiger partial charge is 0.0101 e. The zero-order valence-electron chi connectivity index (χ0n) is 11.0. The predicted octanol–water partition coefficient (Wildman–Crippen LogP) is 2.00. The molecule has 1 aromatic carbocycles. The van der Waals surface area contributed by atoms with Crippen LogP contribution in [-0.4, -0.2) is 38.6 Å². The Morgan fingerprint density at radius 2 is 1.88 bits per heavy atom. The molecule has 1 N–H and O–H groups in total. The van der Waals surface area contributed by atoms with E-state index in [-0.39, 0.29) is 0 Å². The molecule has 0 bridgehead atoms. The van der Waals surface area contributed by atoms with Gasteiger partial charge in [-0.15, -0.1) is 0 Å². The normalized spacial score (nSPS) is 11.1. The average Bonchev–Trinajstić information content (AvgIpc) is 2.22. The molecule has 2 heteroatoms. The summed E-state index contributed by atoms with van der Waals surface area (Å²) in [4.78, 5) is 2.20. The summed E-state index contributed by atoms with van der Waals surface area (Å²) in [5.41, 5.74) is 4.23. The highest BCUT2D eigenvalue weighted by Gasteiger charge is 1.98. The van der Waals surface area contributed by atoms with Crippen molar-refractivity contribution in [1.82, 2.24) is 10.2 Å². The molecule has 0 spiro atoms. The van der Waals surface area contributed by atoms with Crippen molar-refractivity contribution in [3.63, 3.8) is 0 Å². The Morgan fingerprint density at radius 3 is 2.56 bits per heavy atom. The topological polar surface area (TPSA) is 15.3 Å². The van der Waals surface area contributed by atoms with Crippen LogP contribution in [0, 0.1) is 13.8 Å². The van der Waals surface area contributed by atoms with Crippen LogP contribution in [0.3, 0.4) is 0 Å². The number of nitrogens with zero attached hydrogens (tertiary/aromatic N) is 1. The van der Waals surface area contributed by atoms with Gasteiger partial charge in [-0.2, -0.15) is 0 Å². The molecular weight excluding hydrogens is 196 g/mol. The number of rotatable bonds is 6. The first-order valence-electron chi connectivity index (χ1n) is 6.01. The van der Waals surface area contributed by atoms with Crippen molar-refractivity contribution in [2.75, 3.05) is 33.7 Å². The highest BCUT2D eigenvalue weighted by atomic mass is 15.1. The standard InChI is InChI=1S/C14H24N2/c1-12-5-6-13(2)14(11-12)7-8-15-9-10-16(3)4/h5-6,11,15H,7-10H2,1-4H3. The zero-order valence-corrected chi connectivity index (χ0v) is 11.0. The van der Waals surface area contributed by atoms with E-state index in [1.54, 1.807) is 0 Å². The first kappa shape index (κ1) is 13.2. The number of nitrogens with one attached hydrogen (secondary N) is 1. The number of hydrogen-bond donors (Lipinski definition) is 1. The summed E-state index contributed by atoms with van der Waals surface area (Å²) in [5.74, 6) is 0. The fraction of sp³-hybridized carbons (Fsp3) is 0.571. The Bertz CT molecular complexity index is 319. The van der Waals surface area contributed by atoms with Gasteiger partial charge >= 0.3 is 0 Å². The lowest BCUT2D eigenvalue weighted by Gasteiger charge is -2.11. The van der Waals surface area contributed by atoms with Gasteiger partial charge in [-0.25, -0.2) is 0 Å². The van der Waals surface area contributed by atoms with Gasteiger partial charge < -0.3 is 10.2 Å². The van der Waals surface area contributed by atoms with Crippen LogP contribution >= 0.6 is 0 Å². The van der Waals surface area contributed by atoms with Gasteiger partial charge in [0.05, 0.1) is 0 Å². The van der Waals surface area contributed by atoms with E-state index in [0.717, 1.165) is 26.1 Å². The molecule has 0 aliphatic rings. The van der Waals surface area contributed by atoms with Crippen LogP contribution in [0.4, 0.5) is 0 Å². The number of aryl methyl sites for hydroxylation is 2. The van der Waals surface area contributed by atoms with Crippen LogP contribution in [0.25, 0.3) is 0 Å². The maximum absolute atomic E-state index is 3.47. The maximum atomic E-state index is 3.47. The van der Waals surface area contributed by atoms with Gasteiger partial charge in [0.2, 0.25) is 0 Å². The van der Waals surface area contributed by atoms with Gasteiger partial charge in [0.25, 0.3) is 0 Å². The minimum Gasteiger partial charge on any atom is -0.315 e. The zero-order chi connectivity index (χ0) is 12.0. The molecule has 0 radical (unpaired) electrons. The summed E-state index contributed by atoms with van der Waals surface area (Å²) in [5, 5.41) is 3.47. The minimum absolute atomic E-state index is 1.07. The maximum Gasteiger partial charge on any atom is 0.0101 e. The molecule has 90 valence electrons. The summed E-state index contributed by atoms with van der Waals surface area (Å²) in [6.07, 6.45) is 1.13. The van der Waals surface area contributed by atoms with Crippen molar-refractivity contribution in [2.45, 2.75) is 20.3 Å². The highest BCUT2D eigenvalue weighted by molar-refractivity contribution is 5.30. The fourth-order valence-electron chi connectivity index (χ4n) is 1.72. The second-order valence-electron chi connectivity index (χ2n) is 4.73. The SMILES string of the molecule is Cc1ccc(C)c(CCNCCN(C)C)c1. The van der Waals surface area contributed by atoms with E-state index >= 15 is 0 Å². The van der Waals surface area contributed by atoms with E-state index in [2.05, 4.69) is 56.4 Å². The first-order valence-corrected chi connectivity index (χ1v) is 6.01. The Kier molecular flexibility index (Phi) is 5.50. The molecule has 0 amide bonds. The minimum atomic E-state index is 1.07. The summed E-state index contributed by atoms with van der Waals surface area (Å²) in [6.45, 7) is 7.58. The quantitative estimate of drug-likeness (QED) is 0.738. The molecule has 16 heavy (non-hydrogen) atoms. The molecule has 0 saturated heterocycles. The Morgan fingerprint density at radius 1 is 1.12 bits per heavy atom. The Hall–Kier alpha value is -0.860. The van der Waals surface area contributed by atoms with E-state index < -0.39 is 0 Å². The second kappa shape index (κ2) is 6.66. The molecule has 0 aliphatic heterocycles. The van der Waals surface area contributed by atoms with Gasteiger partial charge in [-0.1, -0.05) is 23.8 Å². The van der Waals surface area contributed by atoms with Crippen LogP contribution in [0.15, 0.2) is 18.2 Å². The number of hydrogen-bond acceptors (Lipinski definition) is 2. The van der Waals surface area contributed by atoms with Crippen molar-refractivity contribution < 1.29 is 0 Å². The molecule has 0 aliphatic carbocycles. The Balaban J connectivity index is 2.29. The molecule has 2 nitrogen and oxygen atoms in total. The third kappa shape index (κ3) is 4.77. The largest absolute Gasteiger partial charge is 0.315 e. The lowest BCUT2D eigenvalue weighted by molar-refractivity contribution is 0.401. The van der Waals surface area contributed by atoms with Crippen LogP contribution in [0.5, 0.6) is 0 Å². The summed E-state index contributed by atoms with van der Waals surface area (Å²) < 4.78 is 0.